The molecule has 16 heavy (non-hydrogen) atoms. The summed E-state index contributed by atoms with van der Waals surface area (Å²) in [5.41, 5.74) is 3.24. The number of halogens is 1. The normalized spacial score (nSPS) is 10.1. The first-order valence-electron chi connectivity index (χ1n) is 5.83. The summed E-state index contributed by atoms with van der Waals surface area (Å²) in [6.07, 6.45) is 2.99. The minimum absolute atomic E-state index is 0.815. The third-order valence-electron chi connectivity index (χ3n) is 2.37. The molecule has 0 aliphatic carbocycles. The van der Waals surface area contributed by atoms with Crippen LogP contribution in [0.15, 0.2) is 18.5 Å². The quantitative estimate of drug-likeness (QED) is 0.757. The van der Waals surface area contributed by atoms with E-state index in [0.717, 1.165) is 34.6 Å². The molecule has 0 atom stereocenters. The van der Waals surface area contributed by atoms with E-state index in [1.165, 1.54) is 0 Å². The van der Waals surface area contributed by atoms with Gasteiger partial charge in [0.15, 0.2) is 0 Å². The van der Waals surface area contributed by atoms with E-state index >= 15 is 0 Å². The number of aryl methyl sites for hydroxylation is 2. The molecule has 1 aromatic heterocycles. The molecule has 2 rings (SSSR count). The van der Waals surface area contributed by atoms with Crippen LogP contribution in [0.3, 0.4) is 0 Å². The second-order valence-corrected chi connectivity index (χ2v) is 3.94. The van der Waals surface area contributed by atoms with E-state index in [-0.39, 0.29) is 0 Å². The predicted octanol–water partition coefficient (Wildman–Crippen LogP) is 4.43. The molecule has 0 amide bonds. The zero-order valence-electron chi connectivity index (χ0n) is 10.4. The standard InChI is InChI=1S/C11H13ClN2.C2H6/c1-3-4-14-7-13-10-5-8(2)9(12)6-11(10)14;1-2/h5-7H,3-4H2,1-2H3;1-2H3. The lowest BCUT2D eigenvalue weighted by Gasteiger charge is -2.02. The molecule has 0 aliphatic heterocycles. The first-order valence-corrected chi connectivity index (χ1v) is 6.21. The molecule has 2 nitrogen and oxygen atoms in total. The SMILES string of the molecule is CC.CCCn1cnc2cc(C)c(Cl)cc21. The monoisotopic (exact) mass is 238 g/mol. The Hall–Kier alpha value is -1.02. The first-order chi connectivity index (χ1) is 7.72. The van der Waals surface area contributed by atoms with Gasteiger partial charge in [-0.2, -0.15) is 0 Å². The molecule has 0 bridgehead atoms. The minimum atomic E-state index is 0.815. The highest BCUT2D eigenvalue weighted by Crippen LogP contribution is 2.22. The summed E-state index contributed by atoms with van der Waals surface area (Å²) >= 11 is 6.08. The van der Waals surface area contributed by atoms with Crippen LogP contribution in [-0.4, -0.2) is 9.55 Å². The minimum Gasteiger partial charge on any atom is -0.331 e. The Labute approximate surface area is 102 Å². The van der Waals surface area contributed by atoms with Crippen LogP contribution in [0, 0.1) is 6.92 Å². The summed E-state index contributed by atoms with van der Waals surface area (Å²) in [6.45, 7) is 9.15. The van der Waals surface area contributed by atoms with E-state index in [1.807, 2.05) is 39.2 Å². The molecule has 0 fully saturated rings. The molecule has 0 N–H and O–H groups in total. The predicted molar refractivity (Wildman–Crippen MR) is 71.1 cm³/mol. The van der Waals surface area contributed by atoms with Crippen molar-refractivity contribution in [1.29, 1.82) is 0 Å². The Morgan fingerprint density at radius 1 is 1.31 bits per heavy atom. The fraction of sp³-hybridized carbons (Fsp3) is 0.462. The molecule has 88 valence electrons. The van der Waals surface area contributed by atoms with Gasteiger partial charge in [0.1, 0.15) is 0 Å². The molecule has 2 aromatic rings. The summed E-state index contributed by atoms with van der Waals surface area (Å²) < 4.78 is 2.14. The highest BCUT2D eigenvalue weighted by atomic mass is 35.5. The number of hydrogen-bond acceptors (Lipinski definition) is 1. The summed E-state index contributed by atoms with van der Waals surface area (Å²) in [5.74, 6) is 0. The molecule has 0 saturated carbocycles. The van der Waals surface area contributed by atoms with Crippen molar-refractivity contribution in [3.05, 3.63) is 29.0 Å². The van der Waals surface area contributed by atoms with Gasteiger partial charge in [-0.05, 0) is 31.0 Å². The average Bonchev–Trinajstić information content (AvgIpc) is 2.66. The van der Waals surface area contributed by atoms with Gasteiger partial charge in [0, 0.05) is 11.6 Å². The van der Waals surface area contributed by atoms with Crippen molar-refractivity contribution in [2.75, 3.05) is 0 Å². The van der Waals surface area contributed by atoms with E-state index in [0.29, 0.717) is 0 Å². The van der Waals surface area contributed by atoms with Crippen LogP contribution in [0.2, 0.25) is 5.02 Å². The summed E-state index contributed by atoms with van der Waals surface area (Å²) in [6, 6.07) is 4.03. The zero-order chi connectivity index (χ0) is 12.1. The van der Waals surface area contributed by atoms with Crippen LogP contribution < -0.4 is 0 Å². The number of aromatic nitrogens is 2. The number of nitrogens with zero attached hydrogens (tertiary/aromatic N) is 2. The van der Waals surface area contributed by atoms with Crippen molar-refractivity contribution in [3.63, 3.8) is 0 Å². The third-order valence-corrected chi connectivity index (χ3v) is 2.77. The van der Waals surface area contributed by atoms with Gasteiger partial charge in [-0.15, -0.1) is 0 Å². The number of fused-ring (bicyclic) bond motifs is 1. The molecule has 0 unspecified atom stereocenters. The van der Waals surface area contributed by atoms with Crippen LogP contribution in [-0.2, 0) is 6.54 Å². The number of hydrogen-bond donors (Lipinski definition) is 0. The largest absolute Gasteiger partial charge is 0.331 e. The van der Waals surface area contributed by atoms with Gasteiger partial charge in [-0.1, -0.05) is 32.4 Å². The molecule has 0 aliphatic rings. The van der Waals surface area contributed by atoms with Crippen LogP contribution >= 0.6 is 11.6 Å². The zero-order valence-corrected chi connectivity index (χ0v) is 11.2. The molecule has 3 heteroatoms. The van der Waals surface area contributed by atoms with E-state index in [2.05, 4.69) is 16.5 Å². The molecular formula is C13H19ClN2. The molecule has 0 saturated heterocycles. The maximum atomic E-state index is 6.08. The van der Waals surface area contributed by atoms with Crippen LogP contribution in [0.25, 0.3) is 11.0 Å². The molecular weight excluding hydrogens is 220 g/mol. The third kappa shape index (κ3) is 2.56. The molecule has 0 radical (unpaired) electrons. The Kier molecular flexibility index (Phi) is 4.81. The van der Waals surface area contributed by atoms with Crippen molar-refractivity contribution in [3.8, 4) is 0 Å². The van der Waals surface area contributed by atoms with Crippen molar-refractivity contribution in [2.45, 2.75) is 40.7 Å². The van der Waals surface area contributed by atoms with Crippen molar-refractivity contribution in [2.24, 2.45) is 0 Å². The fourth-order valence-corrected chi connectivity index (χ4v) is 1.76. The van der Waals surface area contributed by atoms with Crippen LogP contribution in [0.5, 0.6) is 0 Å². The highest BCUT2D eigenvalue weighted by molar-refractivity contribution is 6.32. The number of imidazole rings is 1. The van der Waals surface area contributed by atoms with Gasteiger partial charge >= 0.3 is 0 Å². The maximum Gasteiger partial charge on any atom is 0.0958 e. The molecule has 1 heterocycles. The van der Waals surface area contributed by atoms with Gasteiger partial charge in [0.05, 0.1) is 17.4 Å². The molecule has 0 spiro atoms. The second kappa shape index (κ2) is 5.90. The Bertz CT molecular complexity index is 460. The summed E-state index contributed by atoms with van der Waals surface area (Å²) in [5, 5.41) is 0.815. The van der Waals surface area contributed by atoms with Gasteiger partial charge in [0.2, 0.25) is 0 Å². The van der Waals surface area contributed by atoms with Crippen LogP contribution in [0.1, 0.15) is 32.8 Å². The Morgan fingerprint density at radius 3 is 2.62 bits per heavy atom. The number of benzene rings is 1. The van der Waals surface area contributed by atoms with Crippen molar-refractivity contribution in [1.82, 2.24) is 9.55 Å². The maximum absolute atomic E-state index is 6.08. The van der Waals surface area contributed by atoms with Crippen molar-refractivity contribution < 1.29 is 0 Å². The lowest BCUT2D eigenvalue weighted by atomic mass is 10.2. The van der Waals surface area contributed by atoms with E-state index in [1.54, 1.807) is 0 Å². The number of rotatable bonds is 2. The summed E-state index contributed by atoms with van der Waals surface area (Å²) in [4.78, 5) is 4.34. The average molecular weight is 239 g/mol. The Morgan fingerprint density at radius 2 is 2.00 bits per heavy atom. The topological polar surface area (TPSA) is 17.8 Å². The van der Waals surface area contributed by atoms with Crippen molar-refractivity contribution >= 4 is 22.6 Å². The van der Waals surface area contributed by atoms with E-state index in [9.17, 15) is 0 Å². The van der Waals surface area contributed by atoms with Gasteiger partial charge in [0.25, 0.3) is 0 Å². The van der Waals surface area contributed by atoms with E-state index < -0.39 is 0 Å². The van der Waals surface area contributed by atoms with Gasteiger partial charge in [-0.3, -0.25) is 0 Å². The first kappa shape index (κ1) is 13.0. The Balaban J connectivity index is 0.000000606. The summed E-state index contributed by atoms with van der Waals surface area (Å²) in [7, 11) is 0. The molecule has 1 aromatic carbocycles. The van der Waals surface area contributed by atoms with Crippen LogP contribution in [0.4, 0.5) is 0 Å². The van der Waals surface area contributed by atoms with Gasteiger partial charge < -0.3 is 4.57 Å². The van der Waals surface area contributed by atoms with Gasteiger partial charge in [-0.25, -0.2) is 4.98 Å². The van der Waals surface area contributed by atoms with E-state index in [4.69, 9.17) is 11.6 Å². The lowest BCUT2D eigenvalue weighted by molar-refractivity contribution is 0.697. The smallest absolute Gasteiger partial charge is 0.0958 e. The highest BCUT2D eigenvalue weighted by Gasteiger charge is 2.04. The lowest BCUT2D eigenvalue weighted by Crippen LogP contribution is -1.93. The fourth-order valence-electron chi connectivity index (χ4n) is 1.60. The second-order valence-electron chi connectivity index (χ2n) is 3.53.